The van der Waals surface area contributed by atoms with Crippen LogP contribution >= 0.6 is 0 Å². The lowest BCUT2D eigenvalue weighted by atomic mass is 10.0. The van der Waals surface area contributed by atoms with Gasteiger partial charge in [-0.3, -0.25) is 4.79 Å². The Kier molecular flexibility index (Phi) is 7.95. The number of nitrogens with one attached hydrogen (secondary N) is 1. The molecule has 0 amide bonds. The number of pyridine rings is 1. The smallest absolute Gasteiger partial charge is 0.328 e. The predicted molar refractivity (Wildman–Crippen MR) is 145 cm³/mol. The Morgan fingerprint density at radius 1 is 1.08 bits per heavy atom. The Morgan fingerprint density at radius 2 is 1.87 bits per heavy atom. The number of carboxylic acid groups (broad SMARTS) is 1. The van der Waals surface area contributed by atoms with E-state index in [0.717, 1.165) is 67.5 Å². The number of hydrogen-bond donors (Lipinski definition) is 2. The molecule has 0 unspecified atom stereocenters. The zero-order valence-electron chi connectivity index (χ0n) is 21.5. The summed E-state index contributed by atoms with van der Waals surface area (Å²) >= 11 is 0. The van der Waals surface area contributed by atoms with Gasteiger partial charge in [-0.2, -0.15) is 0 Å². The largest absolute Gasteiger partial charge is 0.497 e. The number of piperidine rings is 1. The van der Waals surface area contributed by atoms with Crippen molar-refractivity contribution in [2.24, 2.45) is 0 Å². The highest BCUT2D eigenvalue weighted by Crippen LogP contribution is 2.31. The van der Waals surface area contributed by atoms with Gasteiger partial charge in [0.05, 0.1) is 12.6 Å². The maximum absolute atomic E-state index is 12.8. The number of likely N-dealkylation sites (tertiary alicyclic amines) is 1. The van der Waals surface area contributed by atoms with Crippen LogP contribution in [0.1, 0.15) is 24.0 Å². The van der Waals surface area contributed by atoms with Gasteiger partial charge in [-0.25, -0.2) is 4.79 Å². The fourth-order valence-electron chi connectivity index (χ4n) is 5.11. The molecule has 9 heteroatoms. The molecule has 0 spiro atoms. The first kappa shape index (κ1) is 25.8. The van der Waals surface area contributed by atoms with Crippen LogP contribution in [-0.2, 0) is 17.9 Å². The Bertz CT molecular complexity index is 1390. The molecule has 0 radical (unpaired) electrons. The van der Waals surface area contributed by atoms with E-state index in [0.29, 0.717) is 37.1 Å². The second kappa shape index (κ2) is 11.7. The third-order valence-electron chi connectivity index (χ3n) is 7.18. The maximum atomic E-state index is 12.8. The zero-order valence-corrected chi connectivity index (χ0v) is 21.5. The van der Waals surface area contributed by atoms with Crippen LogP contribution in [0.15, 0.2) is 53.3 Å². The average molecular weight is 520 g/mol. The SMILES string of the molecule is COc1cc(C=CC(=O)O)c2ccc(=O)n(CCN3CCC(NCc4ccc5c(c4)OCCO5)CC3)c2c1. The van der Waals surface area contributed by atoms with Gasteiger partial charge in [-0.15, -0.1) is 0 Å². The highest BCUT2D eigenvalue weighted by Gasteiger charge is 2.20. The van der Waals surface area contributed by atoms with E-state index in [1.165, 1.54) is 11.6 Å². The zero-order chi connectivity index (χ0) is 26.5. The van der Waals surface area contributed by atoms with Gasteiger partial charge in [0.1, 0.15) is 19.0 Å². The summed E-state index contributed by atoms with van der Waals surface area (Å²) in [6, 6.07) is 13.4. The Labute approximate surface area is 221 Å². The van der Waals surface area contributed by atoms with Crippen LogP contribution in [0.25, 0.3) is 17.0 Å². The van der Waals surface area contributed by atoms with Crippen LogP contribution in [0.2, 0.25) is 0 Å². The molecular formula is C29H33N3O6. The predicted octanol–water partition coefficient (Wildman–Crippen LogP) is 3.13. The molecule has 9 nitrogen and oxygen atoms in total. The van der Waals surface area contributed by atoms with Crippen LogP contribution in [0.5, 0.6) is 17.2 Å². The molecule has 200 valence electrons. The molecule has 1 saturated heterocycles. The Hall–Kier alpha value is -3.82. The summed E-state index contributed by atoms with van der Waals surface area (Å²) in [5.41, 5.74) is 2.52. The van der Waals surface area contributed by atoms with Crippen LogP contribution in [-0.4, -0.2) is 66.5 Å². The van der Waals surface area contributed by atoms with E-state index < -0.39 is 5.97 Å². The number of rotatable bonds is 9. The first-order valence-corrected chi connectivity index (χ1v) is 13.0. The summed E-state index contributed by atoms with van der Waals surface area (Å²) in [5.74, 6) is 1.17. The molecule has 0 aliphatic carbocycles. The normalized spacial score (nSPS) is 16.2. The number of hydrogen-bond acceptors (Lipinski definition) is 7. The molecular weight excluding hydrogens is 486 g/mol. The van der Waals surface area contributed by atoms with Crippen molar-refractivity contribution in [1.29, 1.82) is 0 Å². The van der Waals surface area contributed by atoms with Crippen molar-refractivity contribution in [3.8, 4) is 17.2 Å². The van der Waals surface area contributed by atoms with Gasteiger partial charge in [0.2, 0.25) is 0 Å². The molecule has 38 heavy (non-hydrogen) atoms. The minimum absolute atomic E-state index is 0.0881. The lowest BCUT2D eigenvalue weighted by molar-refractivity contribution is -0.131. The molecule has 2 aromatic carbocycles. The van der Waals surface area contributed by atoms with Gasteiger partial charge in [0.25, 0.3) is 5.56 Å². The first-order valence-electron chi connectivity index (χ1n) is 13.0. The van der Waals surface area contributed by atoms with Crippen molar-refractivity contribution in [3.05, 3.63) is 70.0 Å². The number of ether oxygens (including phenoxy) is 3. The van der Waals surface area contributed by atoms with Gasteiger partial charge in [-0.1, -0.05) is 6.07 Å². The summed E-state index contributed by atoms with van der Waals surface area (Å²) in [7, 11) is 1.56. The number of fused-ring (bicyclic) bond motifs is 2. The van der Waals surface area contributed by atoms with E-state index >= 15 is 0 Å². The molecule has 3 heterocycles. The van der Waals surface area contributed by atoms with Crippen LogP contribution in [0.3, 0.4) is 0 Å². The van der Waals surface area contributed by atoms with Crippen molar-refractivity contribution in [2.45, 2.75) is 32.0 Å². The van der Waals surface area contributed by atoms with Gasteiger partial charge in [0.15, 0.2) is 11.5 Å². The van der Waals surface area contributed by atoms with Gasteiger partial charge in [-0.05, 0) is 67.4 Å². The van der Waals surface area contributed by atoms with Gasteiger partial charge < -0.3 is 34.1 Å². The quantitative estimate of drug-likeness (QED) is 0.416. The lowest BCUT2D eigenvalue weighted by Gasteiger charge is -2.32. The first-order chi connectivity index (χ1) is 18.5. The minimum atomic E-state index is -1.03. The average Bonchev–Trinajstić information content (AvgIpc) is 2.94. The van der Waals surface area contributed by atoms with Crippen molar-refractivity contribution in [1.82, 2.24) is 14.8 Å². The molecule has 0 bridgehead atoms. The topological polar surface area (TPSA) is 102 Å². The van der Waals surface area contributed by atoms with E-state index in [2.05, 4.69) is 22.3 Å². The summed E-state index contributed by atoms with van der Waals surface area (Å²) in [5, 5.41) is 13.5. The van der Waals surface area contributed by atoms with Crippen molar-refractivity contribution < 1.29 is 24.1 Å². The highest BCUT2D eigenvalue weighted by atomic mass is 16.6. The number of carboxylic acids is 1. The fraction of sp³-hybridized carbons (Fsp3) is 0.379. The van der Waals surface area contributed by atoms with E-state index in [1.807, 2.05) is 12.1 Å². The Morgan fingerprint density at radius 3 is 2.63 bits per heavy atom. The number of carbonyl (C=O) groups is 1. The van der Waals surface area contributed by atoms with Crippen molar-refractivity contribution >= 4 is 22.9 Å². The number of nitrogens with zero attached hydrogens (tertiary/aromatic N) is 2. The summed E-state index contributed by atoms with van der Waals surface area (Å²) < 4.78 is 18.5. The molecule has 1 aromatic heterocycles. The van der Waals surface area contributed by atoms with Crippen LogP contribution in [0.4, 0.5) is 0 Å². The number of aliphatic carboxylic acids is 1. The summed E-state index contributed by atoms with van der Waals surface area (Å²) in [6.07, 6.45) is 4.69. The second-order valence-corrected chi connectivity index (χ2v) is 9.62. The van der Waals surface area contributed by atoms with E-state index in [-0.39, 0.29) is 5.56 Å². The molecule has 0 saturated carbocycles. The lowest BCUT2D eigenvalue weighted by Crippen LogP contribution is -2.43. The van der Waals surface area contributed by atoms with Crippen LogP contribution < -0.4 is 25.1 Å². The monoisotopic (exact) mass is 519 g/mol. The van der Waals surface area contributed by atoms with Crippen molar-refractivity contribution in [3.63, 3.8) is 0 Å². The molecule has 5 rings (SSSR count). The van der Waals surface area contributed by atoms with E-state index in [4.69, 9.17) is 19.3 Å². The molecule has 2 aliphatic rings. The molecule has 0 atom stereocenters. The maximum Gasteiger partial charge on any atom is 0.328 e. The highest BCUT2D eigenvalue weighted by molar-refractivity contribution is 5.93. The minimum Gasteiger partial charge on any atom is -0.497 e. The fourth-order valence-corrected chi connectivity index (χ4v) is 5.11. The third-order valence-corrected chi connectivity index (χ3v) is 7.18. The number of benzene rings is 2. The van der Waals surface area contributed by atoms with Gasteiger partial charge in [0, 0.05) is 49.3 Å². The van der Waals surface area contributed by atoms with Gasteiger partial charge >= 0.3 is 5.97 Å². The van der Waals surface area contributed by atoms with E-state index in [1.54, 1.807) is 29.9 Å². The van der Waals surface area contributed by atoms with E-state index in [9.17, 15) is 9.59 Å². The number of methoxy groups -OCH3 is 1. The third kappa shape index (κ3) is 6.00. The summed E-state index contributed by atoms with van der Waals surface area (Å²) in [6.45, 7) is 5.17. The Balaban J connectivity index is 1.19. The second-order valence-electron chi connectivity index (χ2n) is 9.62. The van der Waals surface area contributed by atoms with Crippen molar-refractivity contribution in [2.75, 3.05) is 40.0 Å². The molecule has 3 aromatic rings. The molecule has 2 aliphatic heterocycles. The molecule has 2 N–H and O–H groups in total. The molecule has 1 fully saturated rings. The summed E-state index contributed by atoms with van der Waals surface area (Å²) in [4.78, 5) is 26.3. The van der Waals surface area contributed by atoms with Crippen LogP contribution in [0, 0.1) is 0 Å². The standard InChI is InChI=1S/C29H33N3O6/c1-36-23-17-21(3-7-29(34)35)24-4-6-28(33)32(25(24)18-23)13-12-31-10-8-22(9-11-31)30-19-20-2-5-26-27(16-20)38-15-14-37-26/h2-7,16-18,22,30H,8-15,19H2,1H3,(H,34,35). The number of aromatic nitrogens is 1.